The number of nitrogens with two attached hydrogens (primary N) is 1. The van der Waals surface area contributed by atoms with Crippen LogP contribution in [0.5, 0.6) is 0 Å². The topological polar surface area (TPSA) is 110 Å². The minimum Gasteiger partial charge on any atom is -0.374 e. The zero-order valence-electron chi connectivity index (χ0n) is 15.0. The van der Waals surface area contributed by atoms with Crippen molar-refractivity contribution in [2.24, 2.45) is 0 Å². The third-order valence-corrected chi connectivity index (χ3v) is 6.49. The number of nitriles is 1. The summed E-state index contributed by atoms with van der Waals surface area (Å²) in [7, 11) is 0. The molecule has 0 saturated carbocycles. The van der Waals surface area contributed by atoms with Crippen LogP contribution in [-0.2, 0) is 17.6 Å². The predicted octanol–water partition coefficient (Wildman–Crippen LogP) is 3.39. The molecule has 0 spiro atoms. The molecule has 0 saturated heterocycles. The first-order valence-electron chi connectivity index (χ1n) is 8.91. The fourth-order valence-electron chi connectivity index (χ4n) is 3.47. The summed E-state index contributed by atoms with van der Waals surface area (Å²) in [5.74, 6) is 0.537. The molecular weight excluding hydrogens is 392 g/mol. The minimum atomic E-state index is -0.192. The maximum absolute atomic E-state index is 12.6. The fraction of sp³-hybridized carbons (Fsp3) is 0.263. The van der Waals surface area contributed by atoms with Crippen molar-refractivity contribution in [1.82, 2.24) is 14.8 Å². The lowest BCUT2D eigenvalue weighted by atomic mass is 9.95. The molecule has 0 bridgehead atoms. The van der Waals surface area contributed by atoms with Gasteiger partial charge in [-0.2, -0.15) is 5.26 Å². The maximum Gasteiger partial charge on any atom is 0.235 e. The van der Waals surface area contributed by atoms with E-state index in [0.29, 0.717) is 20.9 Å². The Balaban J connectivity index is 1.66. The van der Waals surface area contributed by atoms with Gasteiger partial charge in [0, 0.05) is 11.4 Å². The lowest BCUT2D eigenvalue weighted by molar-refractivity contribution is -0.113. The van der Waals surface area contributed by atoms with Crippen LogP contribution in [0.15, 0.2) is 34.7 Å². The molecule has 1 amide bonds. The lowest BCUT2D eigenvalue weighted by Crippen LogP contribution is -2.18. The summed E-state index contributed by atoms with van der Waals surface area (Å²) in [4.78, 5) is 12.6. The third-order valence-electron chi connectivity index (χ3n) is 4.60. The van der Waals surface area contributed by atoms with Gasteiger partial charge in [0.1, 0.15) is 11.9 Å². The quantitative estimate of drug-likeness (QED) is 0.624. The Morgan fingerprint density at radius 3 is 2.79 bits per heavy atom. The molecule has 0 fully saturated rings. The summed E-state index contributed by atoms with van der Waals surface area (Å²) in [5.41, 5.74) is 9.26. The molecule has 2 aromatic heterocycles. The van der Waals surface area contributed by atoms with Crippen molar-refractivity contribution >= 4 is 40.0 Å². The van der Waals surface area contributed by atoms with E-state index in [9.17, 15) is 10.1 Å². The molecule has 7 nitrogen and oxygen atoms in total. The average molecular weight is 411 g/mol. The van der Waals surface area contributed by atoms with Crippen LogP contribution in [0, 0.1) is 11.3 Å². The minimum absolute atomic E-state index is 0.171. The maximum atomic E-state index is 12.6. The first-order chi connectivity index (χ1) is 13.7. The number of hydrogen-bond acceptors (Lipinski definition) is 7. The Morgan fingerprint density at radius 1 is 1.29 bits per heavy atom. The van der Waals surface area contributed by atoms with Gasteiger partial charge in [0.25, 0.3) is 0 Å². The molecule has 142 valence electrons. The Labute approximate surface area is 170 Å². The number of aromatic nitrogens is 3. The van der Waals surface area contributed by atoms with Crippen LogP contribution in [0.2, 0.25) is 0 Å². The van der Waals surface area contributed by atoms with Crippen molar-refractivity contribution in [2.75, 3.05) is 16.8 Å². The Hall–Kier alpha value is -2.83. The van der Waals surface area contributed by atoms with E-state index in [1.54, 1.807) is 0 Å². The normalized spacial score (nSPS) is 13.0. The molecule has 3 N–H and O–H groups in total. The number of nitrogens with one attached hydrogen (secondary N) is 1. The fourth-order valence-corrected chi connectivity index (χ4v) is 4.91. The van der Waals surface area contributed by atoms with Crippen LogP contribution < -0.4 is 11.1 Å². The van der Waals surface area contributed by atoms with Gasteiger partial charge in [-0.1, -0.05) is 41.3 Å². The molecule has 4 rings (SSSR count). The number of para-hydroxylation sites is 1. The molecular formula is C19H18N6OS2. The van der Waals surface area contributed by atoms with Gasteiger partial charge in [0.15, 0.2) is 4.34 Å². The standard InChI is InChI=1S/C19H18N6OS2/c20-10-14-13-8-4-5-9-15(13)25(12-6-2-1-3-7-12)17(14)22-16(26)11-27-19-24-23-18(21)28-19/h1-3,6-7H,4-5,8-9,11H2,(H2,21,23)(H,22,26). The van der Waals surface area contributed by atoms with Crippen LogP contribution >= 0.6 is 23.1 Å². The second kappa shape index (κ2) is 8.04. The summed E-state index contributed by atoms with van der Waals surface area (Å²) in [6, 6.07) is 12.2. The number of carbonyl (C=O) groups is 1. The molecule has 2 heterocycles. The second-order valence-electron chi connectivity index (χ2n) is 6.38. The zero-order valence-corrected chi connectivity index (χ0v) is 16.6. The number of hydrogen-bond donors (Lipinski definition) is 2. The van der Waals surface area contributed by atoms with Gasteiger partial charge in [-0.25, -0.2) is 0 Å². The van der Waals surface area contributed by atoms with Crippen LogP contribution in [0.1, 0.15) is 29.7 Å². The number of amides is 1. The van der Waals surface area contributed by atoms with Crippen LogP contribution in [0.3, 0.4) is 0 Å². The molecule has 3 aromatic rings. The van der Waals surface area contributed by atoms with Crippen molar-refractivity contribution < 1.29 is 4.79 Å². The van der Waals surface area contributed by atoms with E-state index in [1.165, 1.54) is 23.1 Å². The molecule has 28 heavy (non-hydrogen) atoms. The second-order valence-corrected chi connectivity index (χ2v) is 8.61. The van der Waals surface area contributed by atoms with E-state index in [1.807, 2.05) is 34.9 Å². The van der Waals surface area contributed by atoms with Gasteiger partial charge >= 0.3 is 0 Å². The molecule has 0 unspecified atom stereocenters. The third kappa shape index (κ3) is 3.61. The van der Waals surface area contributed by atoms with E-state index in [2.05, 4.69) is 21.6 Å². The van der Waals surface area contributed by atoms with Gasteiger partial charge in [0.05, 0.1) is 11.3 Å². The number of carbonyl (C=O) groups excluding carboxylic acids is 1. The molecule has 1 aromatic carbocycles. The van der Waals surface area contributed by atoms with Gasteiger partial charge < -0.3 is 11.1 Å². The summed E-state index contributed by atoms with van der Waals surface area (Å²) >= 11 is 2.53. The van der Waals surface area contributed by atoms with Crippen molar-refractivity contribution in [1.29, 1.82) is 5.26 Å². The van der Waals surface area contributed by atoms with Crippen molar-refractivity contribution in [2.45, 2.75) is 30.0 Å². The summed E-state index contributed by atoms with van der Waals surface area (Å²) in [6.45, 7) is 0. The van der Waals surface area contributed by atoms with E-state index < -0.39 is 0 Å². The van der Waals surface area contributed by atoms with Gasteiger partial charge in [0.2, 0.25) is 11.0 Å². The number of anilines is 2. The SMILES string of the molecule is N#Cc1c2c(n(-c3ccccc3)c1NC(=O)CSc1nnc(N)s1)CCCC2. The number of fused-ring (bicyclic) bond motifs is 1. The van der Waals surface area contributed by atoms with Crippen LogP contribution in [0.25, 0.3) is 5.69 Å². The number of benzene rings is 1. The van der Waals surface area contributed by atoms with Crippen LogP contribution in [0.4, 0.5) is 10.9 Å². The number of nitrogens with zero attached hydrogens (tertiary/aromatic N) is 4. The number of nitrogen functional groups attached to an aromatic ring is 1. The van der Waals surface area contributed by atoms with Crippen LogP contribution in [-0.4, -0.2) is 26.4 Å². The molecule has 0 radical (unpaired) electrons. The summed E-state index contributed by atoms with van der Waals surface area (Å²) in [6.07, 6.45) is 3.89. The monoisotopic (exact) mass is 410 g/mol. The van der Waals surface area contributed by atoms with E-state index in [0.717, 1.165) is 42.6 Å². The Morgan fingerprint density at radius 2 is 2.07 bits per heavy atom. The Kier molecular flexibility index (Phi) is 5.32. The van der Waals surface area contributed by atoms with E-state index in [-0.39, 0.29) is 11.7 Å². The smallest absolute Gasteiger partial charge is 0.235 e. The highest BCUT2D eigenvalue weighted by molar-refractivity contribution is 8.01. The zero-order chi connectivity index (χ0) is 19.5. The number of thioether (sulfide) groups is 1. The first kappa shape index (κ1) is 18.5. The highest BCUT2D eigenvalue weighted by atomic mass is 32.2. The highest BCUT2D eigenvalue weighted by Crippen LogP contribution is 2.35. The summed E-state index contributed by atoms with van der Waals surface area (Å²) < 4.78 is 2.67. The molecule has 9 heteroatoms. The molecule has 1 aliphatic rings. The highest BCUT2D eigenvalue weighted by Gasteiger charge is 2.26. The largest absolute Gasteiger partial charge is 0.374 e. The number of rotatable bonds is 5. The van der Waals surface area contributed by atoms with Crippen molar-refractivity contribution in [3.05, 3.63) is 47.2 Å². The molecule has 0 atom stereocenters. The van der Waals surface area contributed by atoms with Gasteiger partial charge in [-0.15, -0.1) is 10.2 Å². The van der Waals surface area contributed by atoms with E-state index >= 15 is 0 Å². The first-order valence-corrected chi connectivity index (χ1v) is 10.7. The average Bonchev–Trinajstić information content (AvgIpc) is 3.27. The summed E-state index contributed by atoms with van der Waals surface area (Å²) in [5, 5.41) is 20.8. The van der Waals surface area contributed by atoms with Gasteiger partial charge in [-0.3, -0.25) is 9.36 Å². The van der Waals surface area contributed by atoms with Gasteiger partial charge in [-0.05, 0) is 43.4 Å². The Bertz CT molecular complexity index is 1050. The lowest BCUT2D eigenvalue weighted by Gasteiger charge is -2.17. The molecule has 1 aliphatic carbocycles. The van der Waals surface area contributed by atoms with Crippen molar-refractivity contribution in [3.8, 4) is 11.8 Å². The van der Waals surface area contributed by atoms with Crippen molar-refractivity contribution in [3.63, 3.8) is 0 Å². The predicted molar refractivity (Wildman–Crippen MR) is 111 cm³/mol. The van der Waals surface area contributed by atoms with E-state index in [4.69, 9.17) is 5.73 Å². The molecule has 0 aliphatic heterocycles.